The summed E-state index contributed by atoms with van der Waals surface area (Å²) in [7, 11) is 0. The van der Waals surface area contributed by atoms with E-state index >= 15 is 0 Å². The first kappa shape index (κ1) is 65.1. The number of esters is 3. The quantitative estimate of drug-likeness (QED) is 0.0262. The monoisotopic (exact) mass is 957 g/mol. The van der Waals surface area contributed by atoms with Gasteiger partial charge in [-0.25, -0.2) is 0 Å². The van der Waals surface area contributed by atoms with Crippen molar-refractivity contribution in [2.75, 3.05) is 13.2 Å². The Morgan fingerprint density at radius 1 is 0.290 bits per heavy atom. The highest BCUT2D eigenvalue weighted by atomic mass is 16.6. The number of carbonyl (C=O) groups is 3. The summed E-state index contributed by atoms with van der Waals surface area (Å²) in [5.74, 6) is -0.920. The lowest BCUT2D eigenvalue weighted by Crippen LogP contribution is -2.30. The smallest absolute Gasteiger partial charge is 0.306 e. The Morgan fingerprint density at radius 2 is 0.522 bits per heavy atom. The van der Waals surface area contributed by atoms with Gasteiger partial charge in [0, 0.05) is 19.3 Å². The molecule has 0 amide bonds. The molecule has 0 aromatic carbocycles. The molecule has 392 valence electrons. The van der Waals surface area contributed by atoms with E-state index in [1.807, 2.05) is 0 Å². The molecule has 0 rings (SSSR count). The molecule has 0 bridgehead atoms. The van der Waals surface area contributed by atoms with E-state index in [4.69, 9.17) is 14.2 Å². The Bertz CT molecular complexity index is 1350. The minimum Gasteiger partial charge on any atom is -0.462 e. The average Bonchev–Trinajstić information content (AvgIpc) is 3.35. The third-order valence-corrected chi connectivity index (χ3v) is 11.8. The second-order valence-corrected chi connectivity index (χ2v) is 18.4. The van der Waals surface area contributed by atoms with E-state index in [2.05, 4.69) is 130 Å². The number of hydrogen-bond donors (Lipinski definition) is 0. The Balaban J connectivity index is 4.44. The number of rotatable bonds is 50. The predicted octanol–water partition coefficient (Wildman–Crippen LogP) is 19.1. The van der Waals surface area contributed by atoms with Crippen molar-refractivity contribution >= 4 is 17.9 Å². The summed E-state index contributed by atoms with van der Waals surface area (Å²) in [6.07, 6.45) is 76.4. The topological polar surface area (TPSA) is 78.9 Å². The van der Waals surface area contributed by atoms with E-state index < -0.39 is 6.10 Å². The first-order valence-corrected chi connectivity index (χ1v) is 28.4. The van der Waals surface area contributed by atoms with Crippen LogP contribution in [0.5, 0.6) is 0 Å². The van der Waals surface area contributed by atoms with Gasteiger partial charge >= 0.3 is 17.9 Å². The summed E-state index contributed by atoms with van der Waals surface area (Å²) >= 11 is 0. The Morgan fingerprint density at radius 3 is 0.812 bits per heavy atom. The zero-order chi connectivity index (χ0) is 50.0. The van der Waals surface area contributed by atoms with Gasteiger partial charge in [-0.05, 0) is 116 Å². The van der Waals surface area contributed by atoms with Crippen molar-refractivity contribution < 1.29 is 28.6 Å². The van der Waals surface area contributed by atoms with Gasteiger partial charge in [0.25, 0.3) is 0 Å². The molecule has 0 aliphatic carbocycles. The largest absolute Gasteiger partial charge is 0.462 e. The summed E-state index contributed by atoms with van der Waals surface area (Å²) < 4.78 is 16.9. The molecule has 0 heterocycles. The zero-order valence-corrected chi connectivity index (χ0v) is 44.8. The van der Waals surface area contributed by atoms with E-state index in [0.29, 0.717) is 19.3 Å². The van der Waals surface area contributed by atoms with Crippen LogP contribution in [-0.2, 0) is 28.6 Å². The van der Waals surface area contributed by atoms with E-state index in [9.17, 15) is 14.4 Å². The SMILES string of the molecule is CC/C=C\C/C=C\C/C=C\CCCCCCCCCC(=O)OCC(COC(=O)CCCCCCCCC/C=C\C/C=C\C/C=C\CC)OC(=O)CCCCCCCCC/C=C\C/C=C\C/C=C\CC. The second-order valence-electron chi connectivity index (χ2n) is 18.4. The Labute approximate surface area is 425 Å². The Hall–Kier alpha value is -3.93. The molecule has 0 aromatic rings. The fourth-order valence-electron chi connectivity index (χ4n) is 7.60. The molecule has 0 saturated heterocycles. The van der Waals surface area contributed by atoms with E-state index in [1.54, 1.807) is 0 Å². The lowest BCUT2D eigenvalue weighted by atomic mass is 10.1. The third kappa shape index (κ3) is 54.9. The van der Waals surface area contributed by atoms with E-state index in [1.165, 1.54) is 77.0 Å². The average molecular weight is 958 g/mol. The van der Waals surface area contributed by atoms with Crippen LogP contribution in [0.4, 0.5) is 0 Å². The van der Waals surface area contributed by atoms with Gasteiger partial charge in [0.1, 0.15) is 13.2 Å². The molecule has 0 unspecified atom stereocenters. The van der Waals surface area contributed by atoms with Gasteiger partial charge < -0.3 is 14.2 Å². The summed E-state index contributed by atoms with van der Waals surface area (Å²) in [5.41, 5.74) is 0. The maximum absolute atomic E-state index is 12.9. The van der Waals surface area contributed by atoms with Crippen LogP contribution >= 0.6 is 0 Å². The lowest BCUT2D eigenvalue weighted by molar-refractivity contribution is -0.167. The molecular weight excluding hydrogens is 853 g/mol. The van der Waals surface area contributed by atoms with Crippen LogP contribution in [0.15, 0.2) is 109 Å². The van der Waals surface area contributed by atoms with Crippen LogP contribution < -0.4 is 0 Å². The van der Waals surface area contributed by atoms with Crippen LogP contribution in [-0.4, -0.2) is 37.2 Å². The lowest BCUT2D eigenvalue weighted by Gasteiger charge is -2.18. The number of unbranched alkanes of at least 4 members (excludes halogenated alkanes) is 21. The highest BCUT2D eigenvalue weighted by molar-refractivity contribution is 5.71. The number of allylic oxidation sites excluding steroid dienone is 18. The van der Waals surface area contributed by atoms with E-state index in [0.717, 1.165) is 135 Å². The van der Waals surface area contributed by atoms with Gasteiger partial charge in [-0.2, -0.15) is 0 Å². The van der Waals surface area contributed by atoms with Crippen LogP contribution in [0.1, 0.15) is 252 Å². The molecule has 0 atom stereocenters. The maximum Gasteiger partial charge on any atom is 0.306 e. The van der Waals surface area contributed by atoms with Crippen LogP contribution in [0.25, 0.3) is 0 Å². The molecule has 0 fully saturated rings. The van der Waals surface area contributed by atoms with Crippen molar-refractivity contribution in [1.29, 1.82) is 0 Å². The minimum absolute atomic E-state index is 0.0921. The van der Waals surface area contributed by atoms with Gasteiger partial charge in [-0.3, -0.25) is 14.4 Å². The standard InChI is InChI=1S/C63H104O6/c1-4-7-10-13-16-19-22-25-28-31-34-37-40-43-46-49-52-55-61(64)67-58-60(69-63(66)57-54-51-48-45-42-39-36-33-30-27-24-21-18-15-12-9-6-3)59-68-62(65)56-53-50-47-44-41-38-35-32-29-26-23-20-17-14-11-8-5-2/h7-12,16-21,25-30,60H,4-6,13-15,22-24,31-59H2,1-3H3/b10-7-,11-8-,12-9-,19-16-,20-17-,21-18-,28-25-,29-26-,30-27-. The molecule has 0 spiro atoms. The fourth-order valence-corrected chi connectivity index (χ4v) is 7.60. The van der Waals surface area contributed by atoms with Crippen molar-refractivity contribution in [1.82, 2.24) is 0 Å². The second kappa shape index (κ2) is 56.7. The van der Waals surface area contributed by atoms with Crippen LogP contribution in [0.3, 0.4) is 0 Å². The molecule has 6 nitrogen and oxygen atoms in total. The predicted molar refractivity (Wildman–Crippen MR) is 297 cm³/mol. The number of carbonyl (C=O) groups excluding carboxylic acids is 3. The molecular formula is C63H104O6. The van der Waals surface area contributed by atoms with Gasteiger partial charge in [-0.1, -0.05) is 226 Å². The third-order valence-electron chi connectivity index (χ3n) is 11.8. The first-order valence-electron chi connectivity index (χ1n) is 28.4. The summed E-state index contributed by atoms with van der Waals surface area (Å²) in [6, 6.07) is 0. The van der Waals surface area contributed by atoms with Crippen LogP contribution in [0.2, 0.25) is 0 Å². The molecule has 0 aliphatic heterocycles. The van der Waals surface area contributed by atoms with Crippen molar-refractivity contribution in [2.24, 2.45) is 0 Å². The number of hydrogen-bond acceptors (Lipinski definition) is 6. The van der Waals surface area contributed by atoms with Crippen molar-refractivity contribution in [3.8, 4) is 0 Å². The van der Waals surface area contributed by atoms with Crippen LogP contribution in [0, 0.1) is 0 Å². The van der Waals surface area contributed by atoms with E-state index in [-0.39, 0.29) is 31.1 Å². The van der Waals surface area contributed by atoms with Gasteiger partial charge in [-0.15, -0.1) is 0 Å². The first-order chi connectivity index (χ1) is 34.0. The van der Waals surface area contributed by atoms with Gasteiger partial charge in [0.15, 0.2) is 6.10 Å². The van der Waals surface area contributed by atoms with Crippen molar-refractivity contribution in [2.45, 2.75) is 258 Å². The number of ether oxygens (including phenoxy) is 3. The molecule has 0 N–H and O–H groups in total. The minimum atomic E-state index is -0.794. The molecule has 0 aromatic heterocycles. The van der Waals surface area contributed by atoms with Crippen molar-refractivity contribution in [3.63, 3.8) is 0 Å². The van der Waals surface area contributed by atoms with Gasteiger partial charge in [0.2, 0.25) is 0 Å². The summed E-state index contributed by atoms with van der Waals surface area (Å²) in [4.78, 5) is 38.2. The molecule has 0 aliphatic rings. The molecule has 69 heavy (non-hydrogen) atoms. The Kier molecular flexibility index (Phi) is 53.4. The fraction of sp³-hybridized carbons (Fsp3) is 0.667. The maximum atomic E-state index is 12.9. The highest BCUT2D eigenvalue weighted by Gasteiger charge is 2.19. The summed E-state index contributed by atoms with van der Waals surface area (Å²) in [5, 5.41) is 0. The van der Waals surface area contributed by atoms with Gasteiger partial charge in [0.05, 0.1) is 0 Å². The molecule has 6 heteroatoms. The summed E-state index contributed by atoms with van der Waals surface area (Å²) in [6.45, 7) is 6.29. The molecule has 0 radical (unpaired) electrons. The van der Waals surface area contributed by atoms with Crippen molar-refractivity contribution in [3.05, 3.63) is 109 Å². The normalized spacial score (nSPS) is 12.5. The molecule has 0 saturated carbocycles. The zero-order valence-electron chi connectivity index (χ0n) is 44.8. The highest BCUT2D eigenvalue weighted by Crippen LogP contribution is 2.15.